The molecule has 0 fully saturated rings. The molecule has 0 aliphatic heterocycles. The molecule has 1 unspecified atom stereocenters. The second-order valence-corrected chi connectivity index (χ2v) is 4.72. The fourth-order valence-corrected chi connectivity index (χ4v) is 1.79. The summed E-state index contributed by atoms with van der Waals surface area (Å²) >= 11 is 0. The Bertz CT molecular complexity index is 466. The summed E-state index contributed by atoms with van der Waals surface area (Å²) in [4.78, 5) is 0. The van der Waals surface area contributed by atoms with Crippen molar-refractivity contribution in [3.63, 3.8) is 0 Å². The Balaban J connectivity index is 0.00000191. The number of methoxy groups -OCH3 is 1. The Morgan fingerprint density at radius 1 is 1.33 bits per heavy atom. The van der Waals surface area contributed by atoms with Crippen LogP contribution in [-0.4, -0.2) is 18.3 Å². The van der Waals surface area contributed by atoms with Crippen molar-refractivity contribution in [3.05, 3.63) is 42.0 Å². The van der Waals surface area contributed by atoms with Crippen molar-refractivity contribution < 1.29 is 9.84 Å². The lowest BCUT2D eigenvalue weighted by Crippen LogP contribution is -2.04. The number of hydrogen-bond acceptors (Lipinski definition) is 2. The maximum absolute atomic E-state index is 9.62. The fraction of sp³-hybridized carbons (Fsp3) is 0.474. The second-order valence-electron chi connectivity index (χ2n) is 4.72. The van der Waals surface area contributed by atoms with Crippen molar-refractivity contribution in [2.24, 2.45) is 0 Å². The number of rotatable bonds is 6. The molecule has 0 spiro atoms. The highest BCUT2D eigenvalue weighted by atomic mass is 16.5. The molecule has 0 amide bonds. The topological polar surface area (TPSA) is 29.5 Å². The predicted octanol–water partition coefficient (Wildman–Crippen LogP) is 4.37. The van der Waals surface area contributed by atoms with Crippen LogP contribution < -0.4 is 4.74 Å². The Morgan fingerprint density at radius 2 is 2.05 bits per heavy atom. The number of aliphatic hydroxyl groups is 1. The molecule has 1 atom stereocenters. The Hall–Kier alpha value is -1.72. The molecular weight excluding hydrogens is 260 g/mol. The average molecular weight is 288 g/mol. The summed E-state index contributed by atoms with van der Waals surface area (Å²) in [6.45, 7) is 9.69. The lowest BCUT2D eigenvalue weighted by atomic mass is 10.1. The Kier molecular flexibility index (Phi) is 11.1. The van der Waals surface area contributed by atoms with Gasteiger partial charge in [-0.2, -0.15) is 0 Å². The van der Waals surface area contributed by atoms with Gasteiger partial charge in [-0.3, -0.25) is 0 Å². The summed E-state index contributed by atoms with van der Waals surface area (Å²) < 4.78 is 5.17. The molecule has 0 bridgehead atoms. The van der Waals surface area contributed by atoms with Crippen LogP contribution in [0.1, 0.15) is 45.6 Å². The summed E-state index contributed by atoms with van der Waals surface area (Å²) in [7, 11) is 1.67. The highest BCUT2D eigenvalue weighted by Crippen LogP contribution is 2.13. The highest BCUT2D eigenvalue weighted by molar-refractivity contribution is 5.28. The molecule has 2 nitrogen and oxygen atoms in total. The molecule has 0 aliphatic rings. The van der Waals surface area contributed by atoms with E-state index in [-0.39, 0.29) is 6.10 Å². The van der Waals surface area contributed by atoms with Gasteiger partial charge in [0.1, 0.15) is 5.75 Å². The first-order valence-electron chi connectivity index (χ1n) is 7.53. The maximum atomic E-state index is 9.62. The zero-order valence-corrected chi connectivity index (χ0v) is 13.8. The number of benzene rings is 1. The summed E-state index contributed by atoms with van der Waals surface area (Å²) in [5.74, 6) is 6.99. The van der Waals surface area contributed by atoms with Crippen LogP contribution >= 0.6 is 0 Å². The van der Waals surface area contributed by atoms with Crippen LogP contribution in [0, 0.1) is 11.8 Å². The van der Waals surface area contributed by atoms with E-state index in [1.54, 1.807) is 7.11 Å². The van der Waals surface area contributed by atoms with Crippen LogP contribution in [0.2, 0.25) is 0 Å². The van der Waals surface area contributed by atoms with E-state index in [0.29, 0.717) is 12.8 Å². The van der Waals surface area contributed by atoms with Gasteiger partial charge in [-0.05, 0) is 37.5 Å². The summed E-state index contributed by atoms with van der Waals surface area (Å²) in [6.07, 6.45) is 2.46. The second kappa shape index (κ2) is 12.1. The van der Waals surface area contributed by atoms with Crippen LogP contribution in [0.3, 0.4) is 0 Å². The molecule has 0 aliphatic carbocycles. The lowest BCUT2D eigenvalue weighted by Gasteiger charge is -2.05. The van der Waals surface area contributed by atoms with Crippen LogP contribution in [-0.2, 0) is 6.42 Å². The summed E-state index contributed by atoms with van der Waals surface area (Å²) in [5, 5.41) is 9.62. The van der Waals surface area contributed by atoms with Gasteiger partial charge >= 0.3 is 0 Å². The molecular formula is C19H28O2. The van der Waals surface area contributed by atoms with E-state index in [9.17, 15) is 5.11 Å². The Morgan fingerprint density at radius 3 is 2.67 bits per heavy atom. The zero-order chi connectivity index (χ0) is 16.1. The van der Waals surface area contributed by atoms with E-state index in [2.05, 4.69) is 24.5 Å². The molecule has 1 aromatic carbocycles. The van der Waals surface area contributed by atoms with Gasteiger partial charge in [0.15, 0.2) is 0 Å². The fourth-order valence-electron chi connectivity index (χ4n) is 1.79. The number of aliphatic hydroxyl groups excluding tert-OH is 1. The lowest BCUT2D eigenvalue weighted by molar-refractivity contribution is 0.180. The number of hydrogen-bond donors (Lipinski definition) is 1. The van der Waals surface area contributed by atoms with Gasteiger partial charge in [0, 0.05) is 12.8 Å². The average Bonchev–Trinajstić information content (AvgIpc) is 2.48. The van der Waals surface area contributed by atoms with Gasteiger partial charge in [0.2, 0.25) is 0 Å². The van der Waals surface area contributed by atoms with Gasteiger partial charge in [-0.15, -0.1) is 18.4 Å². The van der Waals surface area contributed by atoms with Gasteiger partial charge in [0.05, 0.1) is 13.2 Å². The highest BCUT2D eigenvalue weighted by Gasteiger charge is 2.00. The van der Waals surface area contributed by atoms with Crippen LogP contribution in [0.15, 0.2) is 36.4 Å². The van der Waals surface area contributed by atoms with E-state index >= 15 is 0 Å². The first kappa shape index (κ1) is 19.3. The normalized spacial score (nSPS) is 10.5. The van der Waals surface area contributed by atoms with Crippen molar-refractivity contribution in [1.29, 1.82) is 0 Å². The molecule has 0 saturated carbocycles. The third-order valence-corrected chi connectivity index (χ3v) is 2.72. The number of aryl methyl sites for hydroxylation is 1. The van der Waals surface area contributed by atoms with Crippen molar-refractivity contribution in [2.45, 2.75) is 52.6 Å². The van der Waals surface area contributed by atoms with Crippen molar-refractivity contribution in [2.75, 3.05) is 7.11 Å². The third-order valence-electron chi connectivity index (χ3n) is 2.72. The third kappa shape index (κ3) is 9.76. The van der Waals surface area contributed by atoms with Crippen LogP contribution in [0.4, 0.5) is 0 Å². The zero-order valence-electron chi connectivity index (χ0n) is 13.8. The number of ether oxygens (including phenoxy) is 1. The SMILES string of the molecule is C=C(C)CC(O)CC#CCCc1cccc(OC)c1.CC. The van der Waals surface area contributed by atoms with Crippen molar-refractivity contribution >= 4 is 0 Å². The van der Waals surface area contributed by atoms with E-state index in [1.807, 2.05) is 39.0 Å². The molecule has 1 N–H and O–H groups in total. The largest absolute Gasteiger partial charge is 0.497 e. The minimum Gasteiger partial charge on any atom is -0.497 e. The monoisotopic (exact) mass is 288 g/mol. The van der Waals surface area contributed by atoms with Gasteiger partial charge in [0.25, 0.3) is 0 Å². The Labute approximate surface area is 129 Å². The quantitative estimate of drug-likeness (QED) is 0.622. The van der Waals surface area contributed by atoms with Crippen molar-refractivity contribution in [3.8, 4) is 17.6 Å². The molecule has 1 aromatic rings. The summed E-state index contributed by atoms with van der Waals surface area (Å²) in [5.41, 5.74) is 2.21. The van der Waals surface area contributed by atoms with Gasteiger partial charge in [-0.25, -0.2) is 0 Å². The first-order valence-corrected chi connectivity index (χ1v) is 7.53. The predicted molar refractivity (Wildman–Crippen MR) is 90.5 cm³/mol. The molecule has 1 rings (SSSR count). The molecule has 2 heteroatoms. The molecule has 0 saturated heterocycles. The molecule has 0 aromatic heterocycles. The van der Waals surface area contributed by atoms with Gasteiger partial charge < -0.3 is 9.84 Å². The van der Waals surface area contributed by atoms with E-state index in [0.717, 1.165) is 24.2 Å². The van der Waals surface area contributed by atoms with Gasteiger partial charge in [-0.1, -0.05) is 31.6 Å². The van der Waals surface area contributed by atoms with Crippen LogP contribution in [0.5, 0.6) is 5.75 Å². The molecule has 21 heavy (non-hydrogen) atoms. The van der Waals surface area contributed by atoms with E-state index in [4.69, 9.17) is 4.74 Å². The first-order chi connectivity index (χ1) is 10.1. The smallest absolute Gasteiger partial charge is 0.119 e. The maximum Gasteiger partial charge on any atom is 0.119 e. The molecule has 0 radical (unpaired) electrons. The standard InChI is InChI=1S/C17H22O2.C2H6/c1-14(2)12-16(18)10-6-4-5-8-15-9-7-11-17(13-15)19-3;1-2/h7,9,11,13,16,18H,1,5,8,10,12H2,2-3H3;1-2H3. The van der Waals surface area contributed by atoms with E-state index in [1.165, 1.54) is 5.56 Å². The van der Waals surface area contributed by atoms with Crippen molar-refractivity contribution in [1.82, 2.24) is 0 Å². The van der Waals surface area contributed by atoms with E-state index < -0.39 is 0 Å². The summed E-state index contributed by atoms with van der Waals surface area (Å²) in [6, 6.07) is 8.01. The molecule has 0 heterocycles. The molecule has 116 valence electrons. The minimum atomic E-state index is -0.387. The van der Waals surface area contributed by atoms with Crippen LogP contribution in [0.25, 0.3) is 0 Å². The minimum absolute atomic E-state index is 0.387.